The van der Waals surface area contributed by atoms with Crippen LogP contribution in [0.5, 0.6) is 5.75 Å². The minimum Gasteiger partial charge on any atom is -0.477 e. The van der Waals surface area contributed by atoms with Crippen LogP contribution in [-0.2, 0) is 9.59 Å². The number of carbonyl (C=O) groups is 2. The molecule has 1 aliphatic heterocycles. The number of anilines is 1. The second-order valence-electron chi connectivity index (χ2n) is 5.60. The molecule has 0 bridgehead atoms. The minimum absolute atomic E-state index is 0.00640. The van der Waals surface area contributed by atoms with Crippen LogP contribution in [0, 0.1) is 0 Å². The quantitative estimate of drug-likeness (QED) is 0.837. The van der Waals surface area contributed by atoms with Crippen LogP contribution in [0.3, 0.4) is 0 Å². The number of benzene rings is 2. The first-order valence-electron chi connectivity index (χ1n) is 8.14. The molecule has 0 aliphatic carbocycles. The standard InChI is InChI=1S/C19H20N2O3S/c1-20-19(23)17-13-21(15-9-5-6-10-16(15)24-17)18(22)11-12-25-14-7-3-2-4-8-14/h2-10,17H,11-13H2,1H3,(H,20,23)/t17-/m1/s1. The topological polar surface area (TPSA) is 58.6 Å². The summed E-state index contributed by atoms with van der Waals surface area (Å²) < 4.78 is 5.73. The predicted octanol–water partition coefficient (Wildman–Crippen LogP) is 2.71. The molecule has 0 saturated carbocycles. The van der Waals surface area contributed by atoms with Crippen molar-refractivity contribution in [3.05, 3.63) is 54.6 Å². The average Bonchev–Trinajstić information content (AvgIpc) is 2.67. The predicted molar refractivity (Wildman–Crippen MR) is 99.1 cm³/mol. The monoisotopic (exact) mass is 356 g/mol. The van der Waals surface area contributed by atoms with E-state index in [-0.39, 0.29) is 18.4 Å². The van der Waals surface area contributed by atoms with Crippen LogP contribution in [0.2, 0.25) is 0 Å². The summed E-state index contributed by atoms with van der Waals surface area (Å²) in [5, 5.41) is 2.58. The molecule has 0 spiro atoms. The number of fused-ring (bicyclic) bond motifs is 1. The van der Waals surface area contributed by atoms with Gasteiger partial charge in [0.2, 0.25) is 5.91 Å². The van der Waals surface area contributed by atoms with Crippen molar-refractivity contribution in [2.45, 2.75) is 17.4 Å². The fourth-order valence-electron chi connectivity index (χ4n) is 2.68. The van der Waals surface area contributed by atoms with Crippen molar-refractivity contribution in [1.29, 1.82) is 0 Å². The summed E-state index contributed by atoms with van der Waals surface area (Å²) in [6.45, 7) is 0.228. The zero-order chi connectivity index (χ0) is 17.6. The van der Waals surface area contributed by atoms with Crippen LogP contribution in [0.1, 0.15) is 6.42 Å². The molecule has 6 heteroatoms. The van der Waals surface area contributed by atoms with E-state index in [0.29, 0.717) is 17.9 Å². The maximum absolute atomic E-state index is 12.7. The zero-order valence-corrected chi connectivity index (χ0v) is 14.8. The number of nitrogens with zero attached hydrogens (tertiary/aromatic N) is 1. The van der Waals surface area contributed by atoms with Gasteiger partial charge in [-0.25, -0.2) is 0 Å². The number of ether oxygens (including phenoxy) is 1. The van der Waals surface area contributed by atoms with Crippen molar-refractivity contribution in [2.75, 3.05) is 24.2 Å². The van der Waals surface area contributed by atoms with Gasteiger partial charge in [-0.15, -0.1) is 11.8 Å². The first-order chi connectivity index (χ1) is 12.2. The molecule has 3 rings (SSSR count). The van der Waals surface area contributed by atoms with E-state index >= 15 is 0 Å². The summed E-state index contributed by atoms with van der Waals surface area (Å²) in [5.74, 6) is 1.01. The van der Waals surface area contributed by atoms with Gasteiger partial charge >= 0.3 is 0 Å². The van der Waals surface area contributed by atoms with E-state index in [2.05, 4.69) is 5.32 Å². The van der Waals surface area contributed by atoms with E-state index in [1.165, 1.54) is 0 Å². The fraction of sp³-hybridized carbons (Fsp3) is 0.263. The molecule has 2 aromatic rings. The smallest absolute Gasteiger partial charge is 0.262 e. The van der Waals surface area contributed by atoms with Crippen molar-refractivity contribution in [1.82, 2.24) is 5.32 Å². The molecule has 1 aliphatic rings. The second-order valence-corrected chi connectivity index (χ2v) is 6.77. The maximum Gasteiger partial charge on any atom is 0.262 e. The number of carbonyl (C=O) groups excluding carboxylic acids is 2. The molecule has 0 aromatic heterocycles. The fourth-order valence-corrected chi connectivity index (χ4v) is 3.54. The maximum atomic E-state index is 12.7. The van der Waals surface area contributed by atoms with Gasteiger partial charge < -0.3 is 15.0 Å². The first kappa shape index (κ1) is 17.4. The highest BCUT2D eigenvalue weighted by atomic mass is 32.2. The van der Waals surface area contributed by atoms with E-state index in [1.807, 2.05) is 48.5 Å². The molecule has 25 heavy (non-hydrogen) atoms. The van der Waals surface area contributed by atoms with E-state index in [1.54, 1.807) is 29.8 Å². The Bertz CT molecular complexity index is 751. The van der Waals surface area contributed by atoms with E-state index < -0.39 is 6.10 Å². The van der Waals surface area contributed by atoms with Gasteiger partial charge in [-0.3, -0.25) is 9.59 Å². The van der Waals surface area contributed by atoms with Gasteiger partial charge in [0.25, 0.3) is 5.91 Å². The Labute approximate surface area is 151 Å². The number of rotatable bonds is 5. The largest absolute Gasteiger partial charge is 0.477 e. The molecule has 2 aromatic carbocycles. The molecule has 1 atom stereocenters. The SMILES string of the molecule is CNC(=O)[C@H]1CN(C(=O)CCSc2ccccc2)c2ccccc2O1. The van der Waals surface area contributed by atoms with Gasteiger partial charge in [0.15, 0.2) is 6.10 Å². The number of hydrogen-bond acceptors (Lipinski definition) is 4. The highest BCUT2D eigenvalue weighted by molar-refractivity contribution is 7.99. The number of amides is 2. The van der Waals surface area contributed by atoms with Crippen LogP contribution in [-0.4, -0.2) is 37.3 Å². The number of thioether (sulfide) groups is 1. The molecule has 5 nitrogen and oxygen atoms in total. The molecule has 130 valence electrons. The number of para-hydroxylation sites is 2. The Hall–Kier alpha value is -2.47. The lowest BCUT2D eigenvalue weighted by molar-refractivity contribution is -0.127. The van der Waals surface area contributed by atoms with Crippen molar-refractivity contribution in [3.8, 4) is 5.75 Å². The number of likely N-dealkylation sites (N-methyl/N-ethyl adjacent to an activating group) is 1. The van der Waals surface area contributed by atoms with Gasteiger partial charge in [-0.2, -0.15) is 0 Å². The summed E-state index contributed by atoms with van der Waals surface area (Å²) in [5.41, 5.74) is 0.720. The highest BCUT2D eigenvalue weighted by Gasteiger charge is 2.32. The molecule has 0 fully saturated rings. The first-order valence-corrected chi connectivity index (χ1v) is 9.13. The van der Waals surface area contributed by atoms with Crippen LogP contribution in [0.15, 0.2) is 59.5 Å². The molecular weight excluding hydrogens is 336 g/mol. The molecule has 1 N–H and O–H groups in total. The molecule has 0 saturated heterocycles. The third-order valence-electron chi connectivity index (χ3n) is 3.94. The van der Waals surface area contributed by atoms with E-state index in [0.717, 1.165) is 10.6 Å². The lowest BCUT2D eigenvalue weighted by Crippen LogP contribution is -2.50. The Morgan fingerprint density at radius 2 is 1.88 bits per heavy atom. The molecule has 0 unspecified atom stereocenters. The molecule has 0 radical (unpaired) electrons. The average molecular weight is 356 g/mol. The Morgan fingerprint density at radius 3 is 2.64 bits per heavy atom. The van der Waals surface area contributed by atoms with Crippen molar-refractivity contribution < 1.29 is 14.3 Å². The zero-order valence-electron chi connectivity index (χ0n) is 14.0. The number of hydrogen-bond donors (Lipinski definition) is 1. The van der Waals surface area contributed by atoms with Crippen LogP contribution >= 0.6 is 11.8 Å². The van der Waals surface area contributed by atoms with E-state index in [4.69, 9.17) is 4.74 Å². The van der Waals surface area contributed by atoms with E-state index in [9.17, 15) is 9.59 Å². The Balaban J connectivity index is 1.68. The summed E-state index contributed by atoms with van der Waals surface area (Å²) >= 11 is 1.65. The van der Waals surface area contributed by atoms with Crippen molar-refractivity contribution >= 4 is 29.3 Å². The summed E-state index contributed by atoms with van der Waals surface area (Å²) in [6, 6.07) is 17.3. The van der Waals surface area contributed by atoms with Gasteiger partial charge in [0.1, 0.15) is 5.75 Å². The van der Waals surface area contributed by atoms with Crippen molar-refractivity contribution in [3.63, 3.8) is 0 Å². The van der Waals surface area contributed by atoms with Crippen molar-refractivity contribution in [2.24, 2.45) is 0 Å². The lowest BCUT2D eigenvalue weighted by Gasteiger charge is -2.34. The molecule has 1 heterocycles. The Morgan fingerprint density at radius 1 is 1.16 bits per heavy atom. The molecule has 2 amide bonds. The second kappa shape index (κ2) is 8.07. The van der Waals surface area contributed by atoms with Crippen LogP contribution in [0.25, 0.3) is 0 Å². The minimum atomic E-state index is -0.689. The van der Waals surface area contributed by atoms with Crippen LogP contribution in [0.4, 0.5) is 5.69 Å². The van der Waals surface area contributed by atoms with Gasteiger partial charge in [-0.1, -0.05) is 30.3 Å². The van der Waals surface area contributed by atoms with Gasteiger partial charge in [0.05, 0.1) is 12.2 Å². The third kappa shape index (κ3) is 4.14. The summed E-state index contributed by atoms with van der Waals surface area (Å²) in [6.07, 6.45) is -0.292. The van der Waals surface area contributed by atoms with Gasteiger partial charge in [0, 0.05) is 24.1 Å². The van der Waals surface area contributed by atoms with Gasteiger partial charge in [-0.05, 0) is 24.3 Å². The van der Waals surface area contributed by atoms with Crippen LogP contribution < -0.4 is 15.0 Å². The molecular formula is C19H20N2O3S. The highest BCUT2D eigenvalue weighted by Crippen LogP contribution is 2.33. The number of nitrogens with one attached hydrogen (secondary N) is 1. The lowest BCUT2D eigenvalue weighted by atomic mass is 10.1. The third-order valence-corrected chi connectivity index (χ3v) is 4.96. The summed E-state index contributed by atoms with van der Waals surface area (Å²) in [7, 11) is 1.56. The normalized spacial score (nSPS) is 15.9. The summed E-state index contributed by atoms with van der Waals surface area (Å²) in [4.78, 5) is 27.5. The Kier molecular flexibility index (Phi) is 5.60.